The lowest BCUT2D eigenvalue weighted by molar-refractivity contribution is 0.540. The molecule has 0 fully saturated rings. The normalized spacial score (nSPS) is 12.2. The average molecular weight is 264 g/mol. The molecule has 0 N–H and O–H groups in total. The van der Waals surface area contributed by atoms with E-state index < -0.39 is 0 Å². The third-order valence-corrected chi connectivity index (χ3v) is 3.51. The van der Waals surface area contributed by atoms with Crippen LogP contribution in [0.15, 0.2) is 24.3 Å². The van der Waals surface area contributed by atoms with Gasteiger partial charge in [0.25, 0.3) is 0 Å². The summed E-state index contributed by atoms with van der Waals surface area (Å²) in [5, 5.41) is 0. The lowest BCUT2D eigenvalue weighted by Crippen LogP contribution is -1.85. The minimum atomic E-state index is 0.862. The predicted molar refractivity (Wildman–Crippen MR) is 89.6 cm³/mol. The molecule has 0 amide bonds. The summed E-state index contributed by atoms with van der Waals surface area (Å²) in [4.78, 5) is 0. The molecule has 0 atom stereocenters. The standard InChI is InChI=1S/C19H36/c1-4-5-6-7-8-9-10-11-12-13-14-15-16-17-18-19(2)3/h11-14,19H,4-10,15-18H2,1-3H3/b12-11-,14-13+. The van der Waals surface area contributed by atoms with E-state index >= 15 is 0 Å². The Morgan fingerprint density at radius 3 is 1.79 bits per heavy atom. The Morgan fingerprint density at radius 1 is 0.684 bits per heavy atom. The van der Waals surface area contributed by atoms with Crippen molar-refractivity contribution in [2.24, 2.45) is 5.92 Å². The van der Waals surface area contributed by atoms with Crippen molar-refractivity contribution in [1.29, 1.82) is 0 Å². The van der Waals surface area contributed by atoms with Crippen molar-refractivity contribution in [2.45, 2.75) is 91.4 Å². The van der Waals surface area contributed by atoms with Gasteiger partial charge in [0.05, 0.1) is 0 Å². The van der Waals surface area contributed by atoms with Crippen LogP contribution in [0.5, 0.6) is 0 Å². The Bertz CT molecular complexity index is 210. The number of hydrogen-bond acceptors (Lipinski definition) is 0. The lowest BCUT2D eigenvalue weighted by atomic mass is 10.1. The van der Waals surface area contributed by atoms with Gasteiger partial charge in [-0.2, -0.15) is 0 Å². The highest BCUT2D eigenvalue weighted by atomic mass is 14.0. The zero-order chi connectivity index (χ0) is 14.2. The van der Waals surface area contributed by atoms with E-state index in [9.17, 15) is 0 Å². The second-order valence-corrected chi connectivity index (χ2v) is 6.09. The SMILES string of the molecule is CCCCCCCC/C=C\C=C\CCCCC(C)C. The maximum atomic E-state index is 2.32. The second kappa shape index (κ2) is 15.5. The van der Waals surface area contributed by atoms with Crippen LogP contribution < -0.4 is 0 Å². The van der Waals surface area contributed by atoms with Crippen molar-refractivity contribution < 1.29 is 0 Å². The van der Waals surface area contributed by atoms with E-state index in [2.05, 4.69) is 45.1 Å². The van der Waals surface area contributed by atoms with Crippen LogP contribution in [0, 0.1) is 5.92 Å². The molecular formula is C19H36. The smallest absolute Gasteiger partial charge is 0.0348 e. The Balaban J connectivity index is 3.19. The predicted octanol–water partition coefficient (Wildman–Crippen LogP) is 7.07. The van der Waals surface area contributed by atoms with Crippen LogP contribution >= 0.6 is 0 Å². The molecule has 0 aliphatic heterocycles. The topological polar surface area (TPSA) is 0 Å². The highest BCUT2D eigenvalue weighted by Crippen LogP contribution is 2.09. The summed E-state index contributed by atoms with van der Waals surface area (Å²) >= 11 is 0. The highest BCUT2D eigenvalue weighted by Gasteiger charge is 1.91. The molecule has 0 unspecified atom stereocenters. The minimum Gasteiger partial charge on any atom is -0.0845 e. The summed E-state index contributed by atoms with van der Waals surface area (Å²) in [7, 11) is 0. The van der Waals surface area contributed by atoms with Gasteiger partial charge in [0.2, 0.25) is 0 Å². The van der Waals surface area contributed by atoms with Gasteiger partial charge in [-0.05, 0) is 31.6 Å². The number of hydrogen-bond donors (Lipinski definition) is 0. The van der Waals surface area contributed by atoms with Gasteiger partial charge in [0, 0.05) is 0 Å². The molecular weight excluding hydrogens is 228 g/mol. The van der Waals surface area contributed by atoms with Crippen LogP contribution in [0.2, 0.25) is 0 Å². The Morgan fingerprint density at radius 2 is 1.21 bits per heavy atom. The molecule has 19 heavy (non-hydrogen) atoms. The first-order valence-electron chi connectivity index (χ1n) is 8.59. The molecule has 0 spiro atoms. The molecule has 0 heterocycles. The first kappa shape index (κ1) is 18.5. The molecule has 0 nitrogen and oxygen atoms in total. The minimum absolute atomic E-state index is 0.862. The molecule has 0 radical (unpaired) electrons. The molecule has 0 aliphatic rings. The Kier molecular flexibility index (Phi) is 15.1. The fourth-order valence-corrected chi connectivity index (χ4v) is 2.21. The maximum absolute atomic E-state index is 2.32. The Hall–Kier alpha value is -0.520. The van der Waals surface area contributed by atoms with Crippen molar-refractivity contribution in [3.8, 4) is 0 Å². The van der Waals surface area contributed by atoms with Crippen molar-refractivity contribution in [2.75, 3.05) is 0 Å². The number of rotatable bonds is 13. The van der Waals surface area contributed by atoms with E-state index in [1.165, 1.54) is 70.6 Å². The number of allylic oxidation sites excluding steroid dienone is 4. The molecule has 0 rings (SSSR count). The fraction of sp³-hybridized carbons (Fsp3) is 0.789. The van der Waals surface area contributed by atoms with E-state index in [1.54, 1.807) is 0 Å². The van der Waals surface area contributed by atoms with Gasteiger partial charge in [-0.15, -0.1) is 0 Å². The van der Waals surface area contributed by atoms with E-state index in [4.69, 9.17) is 0 Å². The zero-order valence-electron chi connectivity index (χ0n) is 13.7. The van der Waals surface area contributed by atoms with E-state index in [-0.39, 0.29) is 0 Å². The molecule has 0 aromatic carbocycles. The molecule has 0 heteroatoms. The summed E-state index contributed by atoms with van der Waals surface area (Å²) in [5.74, 6) is 0.862. The van der Waals surface area contributed by atoms with Crippen molar-refractivity contribution in [3.05, 3.63) is 24.3 Å². The van der Waals surface area contributed by atoms with Crippen LogP contribution in [0.4, 0.5) is 0 Å². The molecule has 0 bridgehead atoms. The van der Waals surface area contributed by atoms with Gasteiger partial charge in [-0.3, -0.25) is 0 Å². The molecule has 0 aromatic rings. The zero-order valence-corrected chi connectivity index (χ0v) is 13.7. The second-order valence-electron chi connectivity index (χ2n) is 6.09. The fourth-order valence-electron chi connectivity index (χ4n) is 2.21. The van der Waals surface area contributed by atoms with Crippen molar-refractivity contribution >= 4 is 0 Å². The van der Waals surface area contributed by atoms with Gasteiger partial charge >= 0.3 is 0 Å². The van der Waals surface area contributed by atoms with Crippen LogP contribution in [0.25, 0.3) is 0 Å². The first-order chi connectivity index (χ1) is 9.27. The summed E-state index contributed by atoms with van der Waals surface area (Å²) < 4.78 is 0. The maximum Gasteiger partial charge on any atom is -0.0348 e. The quantitative estimate of drug-likeness (QED) is 0.246. The summed E-state index contributed by atoms with van der Waals surface area (Å²) in [6, 6.07) is 0. The third-order valence-electron chi connectivity index (χ3n) is 3.51. The van der Waals surface area contributed by atoms with Crippen LogP contribution in [0.1, 0.15) is 91.4 Å². The lowest BCUT2D eigenvalue weighted by Gasteiger charge is -2.01. The average Bonchev–Trinajstić information content (AvgIpc) is 2.39. The van der Waals surface area contributed by atoms with Gasteiger partial charge < -0.3 is 0 Å². The van der Waals surface area contributed by atoms with E-state index in [1.807, 2.05) is 0 Å². The summed E-state index contributed by atoms with van der Waals surface area (Å²) in [6.07, 6.45) is 24.1. The van der Waals surface area contributed by atoms with Gasteiger partial charge in [0.15, 0.2) is 0 Å². The van der Waals surface area contributed by atoms with Gasteiger partial charge in [0.1, 0.15) is 0 Å². The third kappa shape index (κ3) is 17.5. The molecule has 0 aliphatic carbocycles. The molecule has 0 saturated heterocycles. The van der Waals surface area contributed by atoms with E-state index in [0.29, 0.717) is 0 Å². The van der Waals surface area contributed by atoms with Crippen LogP contribution in [-0.4, -0.2) is 0 Å². The van der Waals surface area contributed by atoms with Gasteiger partial charge in [-0.25, -0.2) is 0 Å². The monoisotopic (exact) mass is 264 g/mol. The highest BCUT2D eigenvalue weighted by molar-refractivity contribution is 5.02. The van der Waals surface area contributed by atoms with Gasteiger partial charge in [-0.1, -0.05) is 90.0 Å². The molecule has 0 aromatic heterocycles. The summed E-state index contributed by atoms with van der Waals surface area (Å²) in [6.45, 7) is 6.89. The summed E-state index contributed by atoms with van der Waals surface area (Å²) in [5.41, 5.74) is 0. The molecule has 112 valence electrons. The van der Waals surface area contributed by atoms with E-state index in [0.717, 1.165) is 5.92 Å². The Labute approximate surface area is 122 Å². The van der Waals surface area contributed by atoms with Crippen LogP contribution in [0.3, 0.4) is 0 Å². The largest absolute Gasteiger partial charge is 0.0845 e. The first-order valence-corrected chi connectivity index (χ1v) is 8.59. The van der Waals surface area contributed by atoms with Crippen molar-refractivity contribution in [1.82, 2.24) is 0 Å². The number of unbranched alkanes of at least 4 members (excludes halogenated alkanes) is 8. The van der Waals surface area contributed by atoms with Crippen LogP contribution in [-0.2, 0) is 0 Å². The van der Waals surface area contributed by atoms with Crippen molar-refractivity contribution in [3.63, 3.8) is 0 Å². The molecule has 0 saturated carbocycles.